The number of para-hydroxylation sites is 1. The summed E-state index contributed by atoms with van der Waals surface area (Å²) in [5.41, 5.74) is 0.466. The van der Waals surface area contributed by atoms with Crippen molar-refractivity contribution < 1.29 is 22.7 Å². The van der Waals surface area contributed by atoms with E-state index in [2.05, 4.69) is 10.6 Å². The Morgan fingerprint density at radius 1 is 1.09 bits per heavy atom. The van der Waals surface area contributed by atoms with E-state index in [1.54, 1.807) is 13.2 Å². The minimum absolute atomic E-state index is 0.261. The molecule has 2 N–H and O–H groups in total. The van der Waals surface area contributed by atoms with E-state index in [-0.39, 0.29) is 6.54 Å². The first-order chi connectivity index (χ1) is 11.0. The first kappa shape index (κ1) is 16.7. The van der Waals surface area contributed by atoms with E-state index in [4.69, 9.17) is 4.74 Å². The van der Waals surface area contributed by atoms with Gasteiger partial charge in [0.1, 0.15) is 5.75 Å². The van der Waals surface area contributed by atoms with Crippen LogP contribution in [0.3, 0.4) is 0 Å². The summed E-state index contributed by atoms with van der Waals surface area (Å²) in [5, 5.41) is 4.63. The smallest absolute Gasteiger partial charge is 0.319 e. The summed E-state index contributed by atoms with van der Waals surface area (Å²) in [6.45, 7) is 0.261. The van der Waals surface area contributed by atoms with Crippen LogP contribution in [0, 0.1) is 17.5 Å². The van der Waals surface area contributed by atoms with Gasteiger partial charge in [-0.25, -0.2) is 18.0 Å². The molecule has 2 amide bonds. The van der Waals surface area contributed by atoms with Gasteiger partial charge in [0.25, 0.3) is 0 Å². The summed E-state index contributed by atoms with van der Waals surface area (Å²) < 4.78 is 44.5. The van der Waals surface area contributed by atoms with Gasteiger partial charge in [-0.2, -0.15) is 0 Å². The first-order valence-electron chi connectivity index (χ1n) is 6.83. The van der Waals surface area contributed by atoms with Crippen molar-refractivity contribution in [1.29, 1.82) is 0 Å². The van der Waals surface area contributed by atoms with E-state index in [0.717, 1.165) is 17.7 Å². The first-order valence-corrected chi connectivity index (χ1v) is 6.83. The average Bonchev–Trinajstić information content (AvgIpc) is 2.56. The van der Waals surface area contributed by atoms with E-state index < -0.39 is 29.2 Å². The SMILES string of the molecule is COc1ccccc1CCNC(=O)Nc1ccc(F)c(F)c1F. The summed E-state index contributed by atoms with van der Waals surface area (Å²) in [5.74, 6) is -3.69. The number of hydrogen-bond donors (Lipinski definition) is 2. The van der Waals surface area contributed by atoms with Gasteiger partial charge in [0, 0.05) is 6.54 Å². The van der Waals surface area contributed by atoms with Gasteiger partial charge in [0.2, 0.25) is 0 Å². The highest BCUT2D eigenvalue weighted by Crippen LogP contribution is 2.19. The molecule has 0 atom stereocenters. The number of ether oxygens (including phenoxy) is 1. The van der Waals surface area contributed by atoms with Crippen LogP contribution in [-0.2, 0) is 6.42 Å². The fraction of sp³-hybridized carbons (Fsp3) is 0.188. The largest absolute Gasteiger partial charge is 0.496 e. The Balaban J connectivity index is 1.90. The number of amides is 2. The zero-order valence-electron chi connectivity index (χ0n) is 12.3. The lowest BCUT2D eigenvalue weighted by atomic mass is 10.1. The maximum Gasteiger partial charge on any atom is 0.319 e. The lowest BCUT2D eigenvalue weighted by molar-refractivity contribution is 0.252. The van der Waals surface area contributed by atoms with Gasteiger partial charge < -0.3 is 15.4 Å². The number of anilines is 1. The average molecular weight is 324 g/mol. The van der Waals surface area contributed by atoms with Crippen molar-refractivity contribution in [2.75, 3.05) is 19.0 Å². The number of halogens is 3. The molecule has 4 nitrogen and oxygen atoms in total. The number of methoxy groups -OCH3 is 1. The normalized spacial score (nSPS) is 10.3. The summed E-state index contributed by atoms with van der Waals surface area (Å²) in [7, 11) is 1.55. The molecule has 0 fully saturated rings. The van der Waals surface area contributed by atoms with Crippen LogP contribution in [0.1, 0.15) is 5.56 Å². The Bertz CT molecular complexity index is 708. The molecule has 2 aromatic carbocycles. The molecule has 0 saturated carbocycles. The molecule has 0 radical (unpaired) electrons. The van der Waals surface area contributed by atoms with E-state index in [0.29, 0.717) is 12.2 Å². The minimum Gasteiger partial charge on any atom is -0.496 e. The van der Waals surface area contributed by atoms with Gasteiger partial charge in [-0.1, -0.05) is 18.2 Å². The Morgan fingerprint density at radius 3 is 2.57 bits per heavy atom. The Labute approximate surface area is 131 Å². The maximum atomic E-state index is 13.4. The van der Waals surface area contributed by atoms with Crippen LogP contribution < -0.4 is 15.4 Å². The molecule has 0 saturated heterocycles. The van der Waals surface area contributed by atoms with Crippen molar-refractivity contribution in [3.05, 3.63) is 59.4 Å². The second kappa shape index (κ2) is 7.53. The van der Waals surface area contributed by atoms with E-state index in [9.17, 15) is 18.0 Å². The number of urea groups is 1. The van der Waals surface area contributed by atoms with Crippen LogP contribution in [-0.4, -0.2) is 19.7 Å². The Hall–Kier alpha value is -2.70. The summed E-state index contributed by atoms with van der Waals surface area (Å²) in [6.07, 6.45) is 0.498. The number of nitrogens with one attached hydrogen (secondary N) is 2. The molecule has 0 aromatic heterocycles. The van der Waals surface area contributed by atoms with Gasteiger partial charge >= 0.3 is 6.03 Å². The van der Waals surface area contributed by atoms with E-state index in [1.807, 2.05) is 18.2 Å². The number of carbonyl (C=O) groups is 1. The highest BCUT2D eigenvalue weighted by molar-refractivity contribution is 5.89. The zero-order chi connectivity index (χ0) is 16.8. The predicted octanol–water partition coefficient (Wildman–Crippen LogP) is 3.48. The number of rotatable bonds is 5. The molecule has 0 aliphatic rings. The molecule has 2 rings (SSSR count). The molecule has 0 aliphatic heterocycles. The third-order valence-corrected chi connectivity index (χ3v) is 3.16. The highest BCUT2D eigenvalue weighted by atomic mass is 19.2. The number of carbonyl (C=O) groups excluding carboxylic acids is 1. The second-order valence-corrected chi connectivity index (χ2v) is 4.67. The molecule has 7 heteroatoms. The number of hydrogen-bond acceptors (Lipinski definition) is 2. The topological polar surface area (TPSA) is 50.4 Å². The van der Waals surface area contributed by atoms with Crippen molar-refractivity contribution in [3.8, 4) is 5.75 Å². The molecule has 23 heavy (non-hydrogen) atoms. The fourth-order valence-corrected chi connectivity index (χ4v) is 2.01. The maximum absolute atomic E-state index is 13.4. The molecule has 122 valence electrons. The molecule has 0 aliphatic carbocycles. The van der Waals surface area contributed by atoms with Gasteiger partial charge in [-0.05, 0) is 30.2 Å². The van der Waals surface area contributed by atoms with Crippen LogP contribution in [0.4, 0.5) is 23.7 Å². The molecule has 0 unspecified atom stereocenters. The quantitative estimate of drug-likeness (QED) is 0.827. The summed E-state index contributed by atoms with van der Waals surface area (Å²) >= 11 is 0. The van der Waals surface area contributed by atoms with Crippen LogP contribution in [0.5, 0.6) is 5.75 Å². The van der Waals surface area contributed by atoms with Crippen LogP contribution in [0.15, 0.2) is 36.4 Å². The fourth-order valence-electron chi connectivity index (χ4n) is 2.01. The molecule has 0 spiro atoms. The zero-order valence-corrected chi connectivity index (χ0v) is 12.3. The van der Waals surface area contributed by atoms with E-state index >= 15 is 0 Å². The van der Waals surface area contributed by atoms with Crippen molar-refractivity contribution >= 4 is 11.7 Å². The van der Waals surface area contributed by atoms with Gasteiger partial charge in [-0.3, -0.25) is 0 Å². The predicted molar refractivity (Wildman–Crippen MR) is 80.0 cm³/mol. The molecule has 0 heterocycles. The Kier molecular flexibility index (Phi) is 5.46. The van der Waals surface area contributed by atoms with E-state index in [1.165, 1.54) is 0 Å². The summed E-state index contributed by atoms with van der Waals surface area (Å²) in [6, 6.07) is 8.29. The third-order valence-electron chi connectivity index (χ3n) is 3.16. The monoisotopic (exact) mass is 324 g/mol. The number of benzene rings is 2. The molecule has 0 bridgehead atoms. The molecular formula is C16H15F3N2O2. The van der Waals surface area contributed by atoms with Crippen molar-refractivity contribution in [1.82, 2.24) is 5.32 Å². The third kappa shape index (κ3) is 4.15. The van der Waals surface area contributed by atoms with Gasteiger partial charge in [0.15, 0.2) is 17.5 Å². The lowest BCUT2D eigenvalue weighted by Gasteiger charge is -2.10. The standard InChI is InChI=1S/C16H15F3N2O2/c1-23-13-5-3-2-4-10(13)8-9-20-16(22)21-12-7-6-11(17)14(18)15(12)19/h2-7H,8-9H2,1H3,(H2,20,21,22). The Morgan fingerprint density at radius 2 is 1.83 bits per heavy atom. The van der Waals surface area contributed by atoms with Crippen LogP contribution in [0.2, 0.25) is 0 Å². The van der Waals surface area contributed by atoms with Crippen molar-refractivity contribution in [2.45, 2.75) is 6.42 Å². The van der Waals surface area contributed by atoms with Crippen molar-refractivity contribution in [3.63, 3.8) is 0 Å². The van der Waals surface area contributed by atoms with Crippen molar-refractivity contribution in [2.24, 2.45) is 0 Å². The lowest BCUT2D eigenvalue weighted by Crippen LogP contribution is -2.31. The second-order valence-electron chi connectivity index (χ2n) is 4.67. The van der Waals surface area contributed by atoms with Gasteiger partial charge in [0.05, 0.1) is 12.8 Å². The van der Waals surface area contributed by atoms with Crippen LogP contribution >= 0.6 is 0 Å². The highest BCUT2D eigenvalue weighted by Gasteiger charge is 2.15. The molecule has 2 aromatic rings. The molecular weight excluding hydrogens is 309 g/mol. The minimum atomic E-state index is -1.63. The van der Waals surface area contributed by atoms with Crippen LogP contribution in [0.25, 0.3) is 0 Å². The summed E-state index contributed by atoms with van der Waals surface area (Å²) in [4.78, 5) is 11.7. The van der Waals surface area contributed by atoms with Gasteiger partial charge in [-0.15, -0.1) is 0 Å².